The average molecular weight is 252 g/mol. The Morgan fingerprint density at radius 3 is 1.94 bits per heavy atom. The van der Waals surface area contributed by atoms with Crippen molar-refractivity contribution >= 4 is 5.97 Å². The van der Waals surface area contributed by atoms with Crippen LogP contribution in [-0.4, -0.2) is 22.8 Å². The summed E-state index contributed by atoms with van der Waals surface area (Å²) in [6.45, 7) is 7.99. The SMILES string of the molecule is CC(C)Cc1ccc(C(C)C(=O)O)cc1.CCO. The molecular weight excluding hydrogens is 228 g/mol. The molecule has 0 radical (unpaired) electrons. The van der Waals surface area contributed by atoms with E-state index in [2.05, 4.69) is 13.8 Å². The lowest BCUT2D eigenvalue weighted by Crippen LogP contribution is -2.07. The Labute approximate surface area is 109 Å². The highest BCUT2D eigenvalue weighted by Crippen LogP contribution is 2.17. The van der Waals surface area contributed by atoms with Crippen molar-refractivity contribution in [3.05, 3.63) is 35.4 Å². The molecule has 0 spiro atoms. The molecule has 0 aromatic heterocycles. The standard InChI is InChI=1S/C13H18O2.C2H6O/c1-9(2)8-11-4-6-12(7-5-11)10(3)13(14)15;1-2-3/h4-7,9-10H,8H2,1-3H3,(H,14,15);3H,2H2,1H3. The van der Waals surface area contributed by atoms with Crippen LogP contribution in [0.1, 0.15) is 44.7 Å². The van der Waals surface area contributed by atoms with Gasteiger partial charge < -0.3 is 10.2 Å². The van der Waals surface area contributed by atoms with Crippen LogP contribution in [0, 0.1) is 5.92 Å². The number of hydrogen-bond donors (Lipinski definition) is 2. The van der Waals surface area contributed by atoms with E-state index in [0.717, 1.165) is 12.0 Å². The maximum absolute atomic E-state index is 10.8. The maximum Gasteiger partial charge on any atom is 0.310 e. The van der Waals surface area contributed by atoms with Crippen molar-refractivity contribution in [1.82, 2.24) is 0 Å². The maximum atomic E-state index is 10.8. The smallest absolute Gasteiger partial charge is 0.310 e. The minimum absolute atomic E-state index is 0.250. The second-order valence-electron chi connectivity index (χ2n) is 4.72. The van der Waals surface area contributed by atoms with Gasteiger partial charge in [0.25, 0.3) is 0 Å². The monoisotopic (exact) mass is 252 g/mol. The van der Waals surface area contributed by atoms with Crippen LogP contribution >= 0.6 is 0 Å². The summed E-state index contributed by atoms with van der Waals surface area (Å²) in [6.07, 6.45) is 1.04. The molecule has 0 bridgehead atoms. The van der Waals surface area contributed by atoms with Crippen molar-refractivity contribution < 1.29 is 15.0 Å². The van der Waals surface area contributed by atoms with E-state index in [1.165, 1.54) is 5.56 Å². The molecule has 0 fully saturated rings. The van der Waals surface area contributed by atoms with Gasteiger partial charge in [-0.1, -0.05) is 38.1 Å². The average Bonchev–Trinajstić information content (AvgIpc) is 2.29. The number of hydrogen-bond acceptors (Lipinski definition) is 2. The number of aliphatic carboxylic acids is 1. The minimum atomic E-state index is -0.772. The molecule has 1 rings (SSSR count). The zero-order chi connectivity index (χ0) is 14.1. The molecule has 0 amide bonds. The van der Waals surface area contributed by atoms with Crippen LogP contribution in [0.15, 0.2) is 24.3 Å². The highest BCUT2D eigenvalue weighted by molar-refractivity contribution is 5.75. The van der Waals surface area contributed by atoms with Crippen molar-refractivity contribution in [2.75, 3.05) is 6.61 Å². The number of carboxylic acid groups (broad SMARTS) is 1. The van der Waals surface area contributed by atoms with E-state index in [1.807, 2.05) is 24.3 Å². The lowest BCUT2D eigenvalue weighted by molar-refractivity contribution is -0.138. The van der Waals surface area contributed by atoms with E-state index in [1.54, 1.807) is 13.8 Å². The van der Waals surface area contributed by atoms with Gasteiger partial charge >= 0.3 is 5.97 Å². The van der Waals surface area contributed by atoms with E-state index in [9.17, 15) is 4.79 Å². The molecule has 0 aliphatic heterocycles. The summed E-state index contributed by atoms with van der Waals surface area (Å²) in [5.41, 5.74) is 2.14. The van der Waals surface area contributed by atoms with Gasteiger partial charge in [-0.15, -0.1) is 0 Å². The summed E-state index contributed by atoms with van der Waals surface area (Å²) in [4.78, 5) is 10.8. The number of aliphatic hydroxyl groups excluding tert-OH is 1. The fraction of sp³-hybridized carbons (Fsp3) is 0.533. The first-order valence-electron chi connectivity index (χ1n) is 6.34. The summed E-state index contributed by atoms with van der Waals surface area (Å²) in [5.74, 6) is -0.558. The first-order valence-corrected chi connectivity index (χ1v) is 6.34. The lowest BCUT2D eigenvalue weighted by Gasteiger charge is -2.09. The van der Waals surface area contributed by atoms with Crippen LogP contribution < -0.4 is 0 Å². The first kappa shape index (κ1) is 16.6. The third-order valence-electron chi connectivity index (χ3n) is 2.49. The molecule has 102 valence electrons. The van der Waals surface area contributed by atoms with Crippen molar-refractivity contribution in [2.24, 2.45) is 5.92 Å². The van der Waals surface area contributed by atoms with Crippen molar-refractivity contribution in [2.45, 2.75) is 40.0 Å². The molecule has 0 saturated heterocycles. The molecule has 0 heterocycles. The molecule has 18 heavy (non-hydrogen) atoms. The van der Waals surface area contributed by atoms with Gasteiger partial charge in [0.15, 0.2) is 0 Å². The Balaban J connectivity index is 0.000000873. The predicted octanol–water partition coefficient (Wildman–Crippen LogP) is 3.07. The molecule has 1 aromatic carbocycles. The zero-order valence-electron chi connectivity index (χ0n) is 11.7. The summed E-state index contributed by atoms with van der Waals surface area (Å²) >= 11 is 0. The topological polar surface area (TPSA) is 57.5 Å². The van der Waals surface area contributed by atoms with Crippen molar-refractivity contribution in [3.8, 4) is 0 Å². The van der Waals surface area contributed by atoms with E-state index in [-0.39, 0.29) is 6.61 Å². The molecule has 2 N–H and O–H groups in total. The Morgan fingerprint density at radius 1 is 1.17 bits per heavy atom. The summed E-state index contributed by atoms with van der Waals surface area (Å²) < 4.78 is 0. The van der Waals surface area contributed by atoms with Gasteiger partial charge in [0.1, 0.15) is 0 Å². The normalized spacial score (nSPS) is 11.7. The number of aliphatic hydroxyl groups is 1. The Hall–Kier alpha value is -1.35. The molecule has 1 unspecified atom stereocenters. The van der Waals surface area contributed by atoms with Gasteiger partial charge in [-0.05, 0) is 37.3 Å². The van der Waals surface area contributed by atoms with E-state index in [0.29, 0.717) is 5.92 Å². The summed E-state index contributed by atoms with van der Waals surface area (Å²) in [6, 6.07) is 7.87. The molecule has 3 heteroatoms. The van der Waals surface area contributed by atoms with Gasteiger partial charge in [-0.25, -0.2) is 0 Å². The van der Waals surface area contributed by atoms with Crippen LogP contribution in [0.25, 0.3) is 0 Å². The van der Waals surface area contributed by atoms with Gasteiger partial charge in [-0.2, -0.15) is 0 Å². The highest BCUT2D eigenvalue weighted by Gasteiger charge is 2.12. The van der Waals surface area contributed by atoms with Gasteiger partial charge in [-0.3, -0.25) is 4.79 Å². The zero-order valence-corrected chi connectivity index (χ0v) is 11.7. The highest BCUT2D eigenvalue weighted by atomic mass is 16.4. The van der Waals surface area contributed by atoms with Crippen LogP contribution in [0.3, 0.4) is 0 Å². The van der Waals surface area contributed by atoms with Crippen molar-refractivity contribution in [1.29, 1.82) is 0 Å². The number of rotatable bonds is 4. The molecule has 3 nitrogen and oxygen atoms in total. The van der Waals surface area contributed by atoms with Crippen LogP contribution in [0.2, 0.25) is 0 Å². The minimum Gasteiger partial charge on any atom is -0.481 e. The molecule has 0 aliphatic rings. The summed E-state index contributed by atoms with van der Waals surface area (Å²) in [5, 5.41) is 16.4. The quantitative estimate of drug-likeness (QED) is 0.865. The Bertz CT molecular complexity index is 341. The molecule has 1 atom stereocenters. The van der Waals surface area contributed by atoms with Crippen molar-refractivity contribution in [3.63, 3.8) is 0 Å². The number of benzene rings is 1. The number of carboxylic acids is 1. The molecular formula is C15H24O3. The third-order valence-corrected chi connectivity index (χ3v) is 2.49. The van der Waals surface area contributed by atoms with Crippen LogP contribution in [0.5, 0.6) is 0 Å². The van der Waals surface area contributed by atoms with E-state index in [4.69, 9.17) is 10.2 Å². The molecule has 0 saturated carbocycles. The summed E-state index contributed by atoms with van der Waals surface area (Å²) in [7, 11) is 0. The van der Waals surface area contributed by atoms with Crippen LogP contribution in [0.4, 0.5) is 0 Å². The first-order chi connectivity index (χ1) is 8.42. The van der Waals surface area contributed by atoms with Crippen LogP contribution in [-0.2, 0) is 11.2 Å². The van der Waals surface area contributed by atoms with E-state index >= 15 is 0 Å². The van der Waals surface area contributed by atoms with Gasteiger partial charge in [0.2, 0.25) is 0 Å². The number of carbonyl (C=O) groups is 1. The lowest BCUT2D eigenvalue weighted by atomic mass is 9.97. The fourth-order valence-electron chi connectivity index (χ4n) is 1.56. The second-order valence-corrected chi connectivity index (χ2v) is 4.72. The molecule has 0 aliphatic carbocycles. The third kappa shape index (κ3) is 6.40. The predicted molar refractivity (Wildman–Crippen MR) is 73.8 cm³/mol. The van der Waals surface area contributed by atoms with Gasteiger partial charge in [0.05, 0.1) is 5.92 Å². The second kappa shape index (κ2) is 8.70. The van der Waals surface area contributed by atoms with E-state index < -0.39 is 11.9 Å². The largest absolute Gasteiger partial charge is 0.481 e. The Morgan fingerprint density at radius 2 is 1.61 bits per heavy atom. The van der Waals surface area contributed by atoms with Gasteiger partial charge in [0, 0.05) is 6.61 Å². The fourth-order valence-corrected chi connectivity index (χ4v) is 1.56. The Kier molecular flexibility index (Phi) is 8.05. The molecule has 1 aromatic rings.